The van der Waals surface area contributed by atoms with Gasteiger partial charge in [0.1, 0.15) is 0 Å². The number of hydrogen-bond acceptors (Lipinski definition) is 3. The number of aromatic amines is 1. The Balaban J connectivity index is 2.10. The number of thioether (sulfide) groups is 1. The number of aromatic nitrogens is 2. The molecule has 1 aromatic carbocycles. The minimum Gasteiger partial charge on any atom is -0.308 e. The van der Waals surface area contributed by atoms with E-state index >= 15 is 0 Å². The Hall–Kier alpha value is -1.46. The molecule has 1 aliphatic rings. The Morgan fingerprint density at radius 3 is 2.70 bits per heavy atom. The molecule has 2 aromatic rings. The molecular weight excluding hydrogens is 294 g/mol. The maximum absolute atomic E-state index is 12.0. The largest absolute Gasteiger partial charge is 0.308 e. The summed E-state index contributed by atoms with van der Waals surface area (Å²) in [6.07, 6.45) is 0. The van der Waals surface area contributed by atoms with E-state index < -0.39 is 0 Å². The van der Waals surface area contributed by atoms with Crippen LogP contribution in [0.1, 0.15) is 29.0 Å². The maximum Gasteiger partial charge on any atom is 0.238 e. The van der Waals surface area contributed by atoms with Crippen molar-refractivity contribution >= 4 is 35.1 Å². The van der Waals surface area contributed by atoms with Crippen LogP contribution in [0.25, 0.3) is 0 Å². The van der Waals surface area contributed by atoms with E-state index in [0.717, 1.165) is 16.8 Å². The van der Waals surface area contributed by atoms with E-state index in [-0.39, 0.29) is 16.4 Å². The smallest absolute Gasteiger partial charge is 0.238 e. The number of benzene rings is 1. The van der Waals surface area contributed by atoms with Gasteiger partial charge in [0.15, 0.2) is 5.82 Å². The van der Waals surface area contributed by atoms with Crippen LogP contribution in [-0.2, 0) is 4.79 Å². The van der Waals surface area contributed by atoms with E-state index in [2.05, 4.69) is 15.5 Å². The first kappa shape index (κ1) is 13.5. The van der Waals surface area contributed by atoms with Crippen molar-refractivity contribution in [2.45, 2.75) is 24.3 Å². The van der Waals surface area contributed by atoms with E-state index in [1.54, 1.807) is 11.8 Å². The summed E-state index contributed by atoms with van der Waals surface area (Å²) in [6, 6.07) is 7.74. The summed E-state index contributed by atoms with van der Waals surface area (Å²) in [7, 11) is 0. The van der Waals surface area contributed by atoms with Crippen LogP contribution in [0.5, 0.6) is 0 Å². The van der Waals surface area contributed by atoms with Gasteiger partial charge in [-0.15, -0.1) is 11.8 Å². The fourth-order valence-corrected chi connectivity index (χ4v) is 3.74. The summed E-state index contributed by atoms with van der Waals surface area (Å²) >= 11 is 7.57. The molecule has 4 nitrogen and oxygen atoms in total. The molecule has 2 N–H and O–H groups in total. The summed E-state index contributed by atoms with van der Waals surface area (Å²) < 4.78 is 0. The van der Waals surface area contributed by atoms with E-state index in [1.165, 1.54) is 0 Å². The average Bonchev–Trinajstić information content (AvgIpc) is 2.71. The van der Waals surface area contributed by atoms with Crippen molar-refractivity contribution in [1.82, 2.24) is 10.2 Å². The maximum atomic E-state index is 12.0. The number of H-pyrrole nitrogens is 1. The molecule has 0 saturated carbocycles. The number of aryl methyl sites for hydroxylation is 1. The van der Waals surface area contributed by atoms with Crippen LogP contribution in [0.2, 0.25) is 5.02 Å². The van der Waals surface area contributed by atoms with Crippen LogP contribution in [-0.4, -0.2) is 21.4 Å². The lowest BCUT2D eigenvalue weighted by Crippen LogP contribution is -2.21. The van der Waals surface area contributed by atoms with Crippen LogP contribution in [0, 0.1) is 6.92 Å². The Morgan fingerprint density at radius 1 is 1.30 bits per heavy atom. The van der Waals surface area contributed by atoms with E-state index in [1.807, 2.05) is 38.1 Å². The molecule has 2 heterocycles. The van der Waals surface area contributed by atoms with E-state index in [0.29, 0.717) is 10.8 Å². The minimum absolute atomic E-state index is 0.0146. The van der Waals surface area contributed by atoms with Gasteiger partial charge in [0.05, 0.1) is 10.5 Å². The zero-order chi connectivity index (χ0) is 14.3. The molecule has 0 unspecified atom stereocenters. The highest BCUT2D eigenvalue weighted by Crippen LogP contribution is 2.44. The van der Waals surface area contributed by atoms with Gasteiger partial charge in [0, 0.05) is 16.3 Å². The summed E-state index contributed by atoms with van der Waals surface area (Å²) in [5, 5.41) is 10.7. The number of fused-ring (bicyclic) bond motifs is 1. The molecule has 0 radical (unpaired) electrons. The number of carbonyl (C=O) groups excluding carboxylic acids is 1. The topological polar surface area (TPSA) is 57.8 Å². The molecular formula is C14H14ClN3OS. The van der Waals surface area contributed by atoms with Crippen LogP contribution in [0.3, 0.4) is 0 Å². The molecule has 104 valence electrons. The van der Waals surface area contributed by atoms with Crippen LogP contribution >= 0.6 is 23.4 Å². The molecule has 2 atom stereocenters. The van der Waals surface area contributed by atoms with Gasteiger partial charge < -0.3 is 5.32 Å². The first-order valence-electron chi connectivity index (χ1n) is 6.33. The number of carbonyl (C=O) groups is 1. The number of halogens is 1. The highest BCUT2D eigenvalue weighted by atomic mass is 35.5. The number of nitrogens with zero attached hydrogens (tertiary/aromatic N) is 1. The number of hydrogen-bond donors (Lipinski definition) is 2. The SMILES string of the molecule is Cc1[nH]nc2c1[C@@H](c1ccc(Cl)cc1)S[C@@H](C)C(=O)N2. The molecule has 6 heteroatoms. The molecule has 3 rings (SSSR count). The number of amides is 1. The highest BCUT2D eigenvalue weighted by molar-refractivity contribution is 8.01. The third-order valence-electron chi connectivity index (χ3n) is 3.38. The number of nitrogens with one attached hydrogen (secondary N) is 2. The molecule has 20 heavy (non-hydrogen) atoms. The lowest BCUT2D eigenvalue weighted by Gasteiger charge is -2.17. The van der Waals surface area contributed by atoms with Gasteiger partial charge in [-0.1, -0.05) is 23.7 Å². The average molecular weight is 308 g/mol. The Kier molecular flexibility index (Phi) is 3.48. The third-order valence-corrected chi connectivity index (χ3v) is 5.03. The van der Waals surface area contributed by atoms with Gasteiger partial charge in [0.25, 0.3) is 0 Å². The van der Waals surface area contributed by atoms with Crippen molar-refractivity contribution in [3.05, 3.63) is 46.1 Å². The van der Waals surface area contributed by atoms with Crippen molar-refractivity contribution in [1.29, 1.82) is 0 Å². The molecule has 0 saturated heterocycles. The van der Waals surface area contributed by atoms with E-state index in [4.69, 9.17) is 11.6 Å². The molecule has 0 spiro atoms. The van der Waals surface area contributed by atoms with E-state index in [9.17, 15) is 4.79 Å². The number of anilines is 1. The minimum atomic E-state index is -0.135. The Morgan fingerprint density at radius 2 is 2.00 bits per heavy atom. The summed E-state index contributed by atoms with van der Waals surface area (Å²) in [6.45, 7) is 3.88. The van der Waals surface area contributed by atoms with Crippen molar-refractivity contribution in [2.24, 2.45) is 0 Å². The third kappa shape index (κ3) is 2.31. The second kappa shape index (κ2) is 5.14. The molecule has 1 aliphatic heterocycles. The fraction of sp³-hybridized carbons (Fsp3) is 0.286. The second-order valence-corrected chi connectivity index (χ2v) is 6.70. The van der Waals surface area contributed by atoms with Gasteiger partial charge in [-0.25, -0.2) is 0 Å². The zero-order valence-corrected chi connectivity index (χ0v) is 12.7. The van der Waals surface area contributed by atoms with Gasteiger partial charge in [-0.2, -0.15) is 5.10 Å². The summed E-state index contributed by atoms with van der Waals surface area (Å²) in [4.78, 5) is 12.0. The summed E-state index contributed by atoms with van der Waals surface area (Å²) in [5.74, 6) is 0.614. The van der Waals surface area contributed by atoms with Gasteiger partial charge in [0.2, 0.25) is 5.91 Å². The molecule has 1 amide bonds. The fourth-order valence-electron chi connectivity index (χ4n) is 2.29. The predicted octanol–water partition coefficient (Wildman–Crippen LogP) is 3.53. The zero-order valence-electron chi connectivity index (χ0n) is 11.1. The summed E-state index contributed by atoms with van der Waals surface area (Å²) in [5.41, 5.74) is 3.13. The Bertz CT molecular complexity index is 653. The van der Waals surface area contributed by atoms with Crippen LogP contribution < -0.4 is 5.32 Å². The van der Waals surface area contributed by atoms with Gasteiger partial charge in [-0.3, -0.25) is 9.89 Å². The van der Waals surface area contributed by atoms with Crippen molar-refractivity contribution in [2.75, 3.05) is 5.32 Å². The standard InChI is InChI=1S/C14H14ClN3OS/c1-7-11-12(9-3-5-10(15)6-4-9)20-8(2)14(19)16-13(11)18-17-7/h3-6,8,12H,1-2H3,(H2,16,17,18,19)/t8-,12+/m0/s1. The van der Waals surface area contributed by atoms with Crippen molar-refractivity contribution in [3.63, 3.8) is 0 Å². The van der Waals surface area contributed by atoms with Gasteiger partial charge in [-0.05, 0) is 31.5 Å². The van der Waals surface area contributed by atoms with Gasteiger partial charge >= 0.3 is 0 Å². The first-order valence-corrected chi connectivity index (χ1v) is 7.65. The van der Waals surface area contributed by atoms with Crippen LogP contribution in [0.15, 0.2) is 24.3 Å². The Labute approximate surface area is 126 Å². The second-order valence-electron chi connectivity index (χ2n) is 4.81. The van der Waals surface area contributed by atoms with Crippen LogP contribution in [0.4, 0.5) is 5.82 Å². The lowest BCUT2D eigenvalue weighted by atomic mass is 10.0. The quantitative estimate of drug-likeness (QED) is 0.847. The predicted molar refractivity (Wildman–Crippen MR) is 82.3 cm³/mol. The lowest BCUT2D eigenvalue weighted by molar-refractivity contribution is -0.115. The highest BCUT2D eigenvalue weighted by Gasteiger charge is 2.31. The molecule has 0 aliphatic carbocycles. The van der Waals surface area contributed by atoms with Crippen molar-refractivity contribution < 1.29 is 4.79 Å². The molecule has 0 fully saturated rings. The monoisotopic (exact) mass is 307 g/mol. The van der Waals surface area contributed by atoms with Crippen molar-refractivity contribution in [3.8, 4) is 0 Å². The molecule has 0 bridgehead atoms. The first-order chi connectivity index (χ1) is 9.56. The number of rotatable bonds is 1. The molecule has 1 aromatic heterocycles. The normalized spacial score (nSPS) is 22.1.